The van der Waals surface area contributed by atoms with Crippen molar-refractivity contribution in [3.63, 3.8) is 0 Å². The van der Waals surface area contributed by atoms with Crippen molar-refractivity contribution in [3.05, 3.63) is 11.6 Å². The van der Waals surface area contributed by atoms with Crippen LogP contribution in [0, 0.1) is 34.5 Å². The Morgan fingerprint density at radius 2 is 1.83 bits per heavy atom. The van der Waals surface area contributed by atoms with Gasteiger partial charge in [-0.05, 0) is 49.5 Å². The summed E-state index contributed by atoms with van der Waals surface area (Å²) < 4.78 is 11.2. The number of aliphatic hydroxyl groups excluding tert-OH is 1. The third kappa shape index (κ3) is 3.48. The molecule has 0 aromatic rings. The summed E-state index contributed by atoms with van der Waals surface area (Å²) in [7, 11) is 0. The summed E-state index contributed by atoms with van der Waals surface area (Å²) in [6.07, 6.45) is 3.21. The quantitative estimate of drug-likeness (QED) is 0.426. The van der Waals surface area contributed by atoms with Crippen LogP contribution in [0.5, 0.6) is 0 Å². The van der Waals surface area contributed by atoms with E-state index in [-0.39, 0.29) is 42.3 Å². The maximum atomic E-state index is 13.8. The van der Waals surface area contributed by atoms with Crippen molar-refractivity contribution < 1.29 is 33.8 Å². The van der Waals surface area contributed by atoms with Gasteiger partial charge >= 0.3 is 11.9 Å². The van der Waals surface area contributed by atoms with E-state index >= 15 is 0 Å². The summed E-state index contributed by atoms with van der Waals surface area (Å²) in [6.45, 7) is 10.4. The normalized spacial score (nSPS) is 45.6. The second-order valence-electron chi connectivity index (χ2n) is 12.1. The lowest BCUT2D eigenvalue weighted by molar-refractivity contribution is -0.205. The van der Waals surface area contributed by atoms with Gasteiger partial charge in [0, 0.05) is 36.5 Å². The van der Waals surface area contributed by atoms with Crippen LogP contribution in [0.2, 0.25) is 0 Å². The molecule has 0 amide bonds. The standard InChI is InChI=1S/C28H39ClO7/c1-7-24(34)36-28(23(33)14-35-17(4)30)16(3)11-20-21-10-15(2)19-12-18(31)8-9-25(19,5)27(21,29)22(32)13-26(20,28)6/h12,15-16,20-22,32H,7-11,13-14H2,1-6H3/t15-,16-,20-,21-,22-,25-,26-,27-,28-/m0/s1. The van der Waals surface area contributed by atoms with Gasteiger partial charge in [-0.15, -0.1) is 11.6 Å². The van der Waals surface area contributed by atoms with E-state index < -0.39 is 51.7 Å². The fraction of sp³-hybridized carbons (Fsp3) is 0.786. The van der Waals surface area contributed by atoms with Crippen LogP contribution in [0.1, 0.15) is 80.1 Å². The highest BCUT2D eigenvalue weighted by Crippen LogP contribution is 2.73. The predicted octanol–water partition coefficient (Wildman–Crippen LogP) is 4.17. The number of ether oxygens (including phenoxy) is 2. The number of alkyl halides is 1. The van der Waals surface area contributed by atoms with Crippen molar-refractivity contribution in [1.29, 1.82) is 0 Å². The average molecular weight is 523 g/mol. The Morgan fingerprint density at radius 3 is 2.44 bits per heavy atom. The third-order valence-electron chi connectivity index (χ3n) is 10.3. The monoisotopic (exact) mass is 522 g/mol. The minimum absolute atomic E-state index is 0.0888. The van der Waals surface area contributed by atoms with Gasteiger partial charge in [0.2, 0.25) is 5.78 Å². The maximum absolute atomic E-state index is 13.8. The molecule has 7 nitrogen and oxygen atoms in total. The number of aliphatic hydroxyl groups is 1. The Morgan fingerprint density at radius 1 is 1.17 bits per heavy atom. The Kier molecular flexibility index (Phi) is 6.78. The summed E-state index contributed by atoms with van der Waals surface area (Å²) in [5, 5.41) is 11.9. The molecule has 3 saturated carbocycles. The number of allylic oxidation sites excluding steroid dienone is 1. The van der Waals surface area contributed by atoms with Crippen LogP contribution in [-0.2, 0) is 28.7 Å². The molecule has 9 atom stereocenters. The van der Waals surface area contributed by atoms with Gasteiger partial charge in [-0.3, -0.25) is 19.2 Å². The molecule has 36 heavy (non-hydrogen) atoms. The molecule has 4 rings (SSSR count). The van der Waals surface area contributed by atoms with Gasteiger partial charge < -0.3 is 14.6 Å². The van der Waals surface area contributed by atoms with Crippen LogP contribution in [0.4, 0.5) is 0 Å². The highest BCUT2D eigenvalue weighted by molar-refractivity contribution is 6.26. The zero-order valence-electron chi connectivity index (χ0n) is 22.2. The van der Waals surface area contributed by atoms with Crippen molar-refractivity contribution in [2.45, 2.75) is 96.6 Å². The molecule has 200 valence electrons. The summed E-state index contributed by atoms with van der Waals surface area (Å²) in [5.41, 5.74) is -2.00. The molecule has 3 fully saturated rings. The van der Waals surface area contributed by atoms with Crippen molar-refractivity contribution in [2.24, 2.45) is 34.5 Å². The zero-order valence-corrected chi connectivity index (χ0v) is 22.9. The Balaban J connectivity index is 1.84. The van der Waals surface area contributed by atoms with Gasteiger partial charge in [0.1, 0.15) is 0 Å². The smallest absolute Gasteiger partial charge is 0.306 e. The fourth-order valence-corrected chi connectivity index (χ4v) is 9.20. The topological polar surface area (TPSA) is 107 Å². The van der Waals surface area contributed by atoms with E-state index in [1.165, 1.54) is 6.92 Å². The number of hydrogen-bond acceptors (Lipinski definition) is 7. The van der Waals surface area contributed by atoms with Crippen LogP contribution in [-0.4, -0.2) is 51.8 Å². The van der Waals surface area contributed by atoms with E-state index in [9.17, 15) is 24.3 Å². The molecule has 0 unspecified atom stereocenters. The van der Waals surface area contributed by atoms with Crippen LogP contribution in [0.3, 0.4) is 0 Å². The number of rotatable bonds is 5. The first kappa shape index (κ1) is 27.3. The molecular formula is C28H39ClO7. The third-order valence-corrected chi connectivity index (χ3v) is 11.2. The van der Waals surface area contributed by atoms with Gasteiger partial charge in [0.15, 0.2) is 18.0 Å². The number of carbonyl (C=O) groups excluding carboxylic acids is 4. The largest absolute Gasteiger partial charge is 0.458 e. The van der Waals surface area contributed by atoms with E-state index in [0.29, 0.717) is 25.7 Å². The Labute approximate surface area is 218 Å². The van der Waals surface area contributed by atoms with Crippen molar-refractivity contribution >= 4 is 35.1 Å². The van der Waals surface area contributed by atoms with E-state index in [4.69, 9.17) is 21.1 Å². The Bertz CT molecular complexity index is 1020. The van der Waals surface area contributed by atoms with Crippen LogP contribution >= 0.6 is 11.6 Å². The van der Waals surface area contributed by atoms with Gasteiger partial charge in [-0.25, -0.2) is 0 Å². The number of fused-ring (bicyclic) bond motifs is 5. The fourth-order valence-electron chi connectivity index (χ4n) is 8.68. The number of carbonyl (C=O) groups is 4. The summed E-state index contributed by atoms with van der Waals surface area (Å²) in [6, 6.07) is 0. The molecule has 8 heteroatoms. The first-order chi connectivity index (χ1) is 16.7. The first-order valence-electron chi connectivity index (χ1n) is 13.2. The predicted molar refractivity (Wildman–Crippen MR) is 133 cm³/mol. The summed E-state index contributed by atoms with van der Waals surface area (Å²) in [5.74, 6) is -1.99. The van der Waals surface area contributed by atoms with Crippen LogP contribution in [0.25, 0.3) is 0 Å². The lowest BCUT2D eigenvalue weighted by Crippen LogP contribution is -2.70. The first-order valence-corrected chi connectivity index (χ1v) is 13.6. The molecule has 0 saturated heterocycles. The van der Waals surface area contributed by atoms with Crippen molar-refractivity contribution in [1.82, 2.24) is 0 Å². The van der Waals surface area contributed by atoms with Crippen LogP contribution in [0.15, 0.2) is 11.6 Å². The number of esters is 2. The molecule has 0 heterocycles. The van der Waals surface area contributed by atoms with E-state index in [2.05, 4.69) is 13.8 Å². The van der Waals surface area contributed by atoms with E-state index in [1.807, 2.05) is 13.8 Å². The van der Waals surface area contributed by atoms with Crippen molar-refractivity contribution in [2.75, 3.05) is 6.61 Å². The second kappa shape index (κ2) is 8.93. The summed E-state index contributed by atoms with van der Waals surface area (Å²) >= 11 is 7.58. The minimum Gasteiger partial charge on any atom is -0.458 e. The SMILES string of the molecule is CCC(=O)O[C@]1(C(=O)COC(C)=O)[C@@H](C)C[C@H]2[C@@H]3C[C@H](C)C4=CC(=O)CC[C@]4(C)[C@@]3(Cl)[C@@H](O)C[C@@]21C. The Hall–Kier alpha value is -1.73. The lowest BCUT2D eigenvalue weighted by Gasteiger charge is -2.66. The number of ketones is 2. The molecule has 4 aliphatic carbocycles. The molecule has 1 N–H and O–H groups in total. The molecule has 0 aliphatic heterocycles. The molecule has 0 spiro atoms. The number of Topliss-reactive ketones (excluding diaryl/α,β-unsaturated/α-hetero) is 1. The zero-order chi connectivity index (χ0) is 26.8. The van der Waals surface area contributed by atoms with Gasteiger partial charge in [0.05, 0.1) is 11.0 Å². The second-order valence-corrected chi connectivity index (χ2v) is 12.7. The number of halogens is 1. The minimum atomic E-state index is -1.54. The molecule has 0 aromatic heterocycles. The molecule has 0 aromatic carbocycles. The molecule has 0 bridgehead atoms. The van der Waals surface area contributed by atoms with Gasteiger partial charge in [-0.1, -0.05) is 40.2 Å². The van der Waals surface area contributed by atoms with Gasteiger partial charge in [-0.2, -0.15) is 0 Å². The summed E-state index contributed by atoms with van der Waals surface area (Å²) in [4.78, 5) is 49.4. The lowest BCUT2D eigenvalue weighted by atomic mass is 9.43. The molecule has 0 radical (unpaired) electrons. The van der Waals surface area contributed by atoms with Gasteiger partial charge in [0.25, 0.3) is 0 Å². The van der Waals surface area contributed by atoms with Crippen molar-refractivity contribution in [3.8, 4) is 0 Å². The van der Waals surface area contributed by atoms with E-state index in [0.717, 1.165) is 5.57 Å². The highest BCUT2D eigenvalue weighted by Gasteiger charge is 2.77. The van der Waals surface area contributed by atoms with E-state index in [1.54, 1.807) is 13.0 Å². The maximum Gasteiger partial charge on any atom is 0.306 e. The average Bonchev–Trinajstić information content (AvgIpc) is 3.02. The molecular weight excluding hydrogens is 484 g/mol. The number of hydrogen-bond donors (Lipinski definition) is 1. The van der Waals surface area contributed by atoms with Crippen LogP contribution < -0.4 is 0 Å². The molecule has 4 aliphatic rings. The highest BCUT2D eigenvalue weighted by atomic mass is 35.5.